The van der Waals surface area contributed by atoms with E-state index in [0.717, 1.165) is 19.8 Å². The van der Waals surface area contributed by atoms with E-state index < -0.39 is 13.2 Å². The molecule has 0 aliphatic rings. The third-order valence-corrected chi connectivity index (χ3v) is 6.36. The molecule has 28 heavy (non-hydrogen) atoms. The van der Waals surface area contributed by atoms with Crippen LogP contribution in [-0.2, 0) is 33.2 Å². The fourth-order valence-corrected chi connectivity index (χ4v) is 3.21. The van der Waals surface area contributed by atoms with Crippen molar-refractivity contribution in [1.29, 1.82) is 0 Å². The highest BCUT2D eigenvalue weighted by Crippen LogP contribution is 2.50. The summed E-state index contributed by atoms with van der Waals surface area (Å²) in [5, 5.41) is 9.93. The van der Waals surface area contributed by atoms with Crippen LogP contribution in [0.15, 0.2) is 0 Å². The first-order valence-electron chi connectivity index (χ1n) is 9.70. The van der Waals surface area contributed by atoms with Crippen molar-refractivity contribution < 1.29 is 38.3 Å². The standard InChI is InChI=1S/C11H26O3P.C8H16O5/c1-5-13-8-10-15(3,4)11-9-14-7-6-12-2;1-11-4-5-13-7-6-12-3-2-8(9)10/h5-11H2,1-4H3;2-7H2,1H3,(H,9,10)/q+1;/p-1. The molecule has 0 aromatic carbocycles. The minimum Gasteiger partial charge on any atom is -0.550 e. The summed E-state index contributed by atoms with van der Waals surface area (Å²) in [4.78, 5) is 9.93. The first kappa shape index (κ1) is 29.9. The average Bonchev–Trinajstić information content (AvgIpc) is 2.64. The molecule has 0 bridgehead atoms. The Bertz CT molecular complexity index is 329. The predicted octanol–water partition coefficient (Wildman–Crippen LogP) is 0.769. The van der Waals surface area contributed by atoms with E-state index in [-0.39, 0.29) is 13.0 Å². The minimum absolute atomic E-state index is 0.0714. The van der Waals surface area contributed by atoms with Gasteiger partial charge in [-0.15, -0.1) is 0 Å². The lowest BCUT2D eigenvalue weighted by atomic mass is 10.5. The summed E-state index contributed by atoms with van der Waals surface area (Å²) < 4.78 is 30.5. The Labute approximate surface area is 171 Å². The maximum absolute atomic E-state index is 9.93. The first-order chi connectivity index (χ1) is 13.4. The van der Waals surface area contributed by atoms with Gasteiger partial charge in [-0.05, 0) is 6.92 Å². The molecule has 170 valence electrons. The normalized spacial score (nSPS) is 11.2. The molecule has 0 atom stereocenters. The lowest BCUT2D eigenvalue weighted by Gasteiger charge is -2.17. The van der Waals surface area contributed by atoms with E-state index in [4.69, 9.17) is 28.4 Å². The number of hydrogen-bond donors (Lipinski definition) is 0. The highest BCUT2D eigenvalue weighted by atomic mass is 31.2. The van der Waals surface area contributed by atoms with Crippen molar-refractivity contribution >= 4 is 13.2 Å². The molecule has 0 heterocycles. The number of rotatable bonds is 19. The number of carbonyl (C=O) groups excluding carboxylic acids is 1. The van der Waals surface area contributed by atoms with Gasteiger partial charge in [0.1, 0.15) is 0 Å². The Morgan fingerprint density at radius 2 is 1.14 bits per heavy atom. The van der Waals surface area contributed by atoms with Crippen LogP contribution in [0.3, 0.4) is 0 Å². The molecule has 0 saturated heterocycles. The van der Waals surface area contributed by atoms with Crippen molar-refractivity contribution in [3.8, 4) is 0 Å². The van der Waals surface area contributed by atoms with Gasteiger partial charge in [-0.25, -0.2) is 0 Å². The smallest absolute Gasteiger partial charge is 0.0823 e. The van der Waals surface area contributed by atoms with Gasteiger partial charge in [0.15, 0.2) is 0 Å². The van der Waals surface area contributed by atoms with Crippen LogP contribution < -0.4 is 5.11 Å². The third-order valence-electron chi connectivity index (χ3n) is 3.57. The highest BCUT2D eigenvalue weighted by molar-refractivity contribution is 7.74. The number of carbonyl (C=O) groups is 1. The Morgan fingerprint density at radius 3 is 1.61 bits per heavy atom. The lowest BCUT2D eigenvalue weighted by Crippen LogP contribution is -2.23. The third kappa shape index (κ3) is 27.9. The molecular formula is C19H41O8P. The molecule has 8 nitrogen and oxygen atoms in total. The van der Waals surface area contributed by atoms with Crippen LogP contribution in [-0.4, -0.2) is 112 Å². The zero-order valence-electron chi connectivity index (χ0n) is 18.4. The molecular weight excluding hydrogens is 387 g/mol. The summed E-state index contributed by atoms with van der Waals surface area (Å²) in [5.74, 6) is -1.10. The van der Waals surface area contributed by atoms with E-state index in [1.807, 2.05) is 6.92 Å². The SMILES string of the molecule is CCOCC[P+](C)(C)CCOCCOC.COCCOCCOCCC(=O)[O-]. The highest BCUT2D eigenvalue weighted by Gasteiger charge is 2.23. The molecule has 0 aliphatic heterocycles. The van der Waals surface area contributed by atoms with Gasteiger partial charge in [0.25, 0.3) is 0 Å². The number of ether oxygens (including phenoxy) is 6. The lowest BCUT2D eigenvalue weighted by molar-refractivity contribution is -0.306. The van der Waals surface area contributed by atoms with Crippen molar-refractivity contribution in [3.63, 3.8) is 0 Å². The fraction of sp³-hybridized carbons (Fsp3) is 0.947. The largest absolute Gasteiger partial charge is 0.550 e. The van der Waals surface area contributed by atoms with Crippen LogP contribution >= 0.6 is 7.26 Å². The average molecular weight is 429 g/mol. The molecule has 0 aromatic heterocycles. The summed E-state index contributed by atoms with van der Waals surface area (Å²) >= 11 is 0. The summed E-state index contributed by atoms with van der Waals surface area (Å²) in [6, 6.07) is 0. The van der Waals surface area contributed by atoms with E-state index in [9.17, 15) is 9.90 Å². The zero-order valence-corrected chi connectivity index (χ0v) is 19.3. The van der Waals surface area contributed by atoms with Crippen LogP contribution in [0.25, 0.3) is 0 Å². The minimum atomic E-state index is -1.10. The molecule has 9 heteroatoms. The maximum Gasteiger partial charge on any atom is 0.0823 e. The Hall–Kier alpha value is -0.340. The van der Waals surface area contributed by atoms with E-state index in [1.165, 1.54) is 12.3 Å². The second-order valence-electron chi connectivity index (χ2n) is 6.52. The molecule has 0 fully saturated rings. The van der Waals surface area contributed by atoms with Gasteiger partial charge in [0.05, 0.1) is 71.8 Å². The predicted molar refractivity (Wildman–Crippen MR) is 111 cm³/mol. The summed E-state index contributed by atoms with van der Waals surface area (Å²) in [5.41, 5.74) is 0. The van der Waals surface area contributed by atoms with Crippen LogP contribution in [0.2, 0.25) is 0 Å². The molecule has 0 amide bonds. The molecule has 0 aromatic rings. The Morgan fingerprint density at radius 1 is 0.714 bits per heavy atom. The van der Waals surface area contributed by atoms with Gasteiger partial charge in [0.2, 0.25) is 0 Å². The molecule has 0 radical (unpaired) electrons. The van der Waals surface area contributed by atoms with Crippen molar-refractivity contribution in [1.82, 2.24) is 0 Å². The maximum atomic E-state index is 9.93. The number of carboxylic acids is 1. The van der Waals surface area contributed by atoms with E-state index >= 15 is 0 Å². The number of carboxylic acid groups (broad SMARTS) is 1. The van der Waals surface area contributed by atoms with Crippen LogP contribution in [0.1, 0.15) is 13.3 Å². The fourth-order valence-electron chi connectivity index (χ4n) is 1.74. The Kier molecular flexibility index (Phi) is 24.5. The number of hydrogen-bond acceptors (Lipinski definition) is 8. The van der Waals surface area contributed by atoms with Crippen LogP contribution in [0, 0.1) is 0 Å². The first-order valence-corrected chi connectivity index (χ1v) is 12.8. The molecule has 0 saturated carbocycles. The summed E-state index contributed by atoms with van der Waals surface area (Å²) in [7, 11) is 2.48. The van der Waals surface area contributed by atoms with Crippen LogP contribution in [0.5, 0.6) is 0 Å². The van der Waals surface area contributed by atoms with E-state index in [1.54, 1.807) is 14.2 Å². The van der Waals surface area contributed by atoms with Gasteiger partial charge >= 0.3 is 0 Å². The van der Waals surface area contributed by atoms with Crippen molar-refractivity contribution in [2.45, 2.75) is 13.3 Å². The van der Waals surface area contributed by atoms with E-state index in [2.05, 4.69) is 13.3 Å². The molecule has 0 N–H and O–H groups in total. The van der Waals surface area contributed by atoms with E-state index in [0.29, 0.717) is 39.6 Å². The van der Waals surface area contributed by atoms with Crippen molar-refractivity contribution in [3.05, 3.63) is 0 Å². The summed E-state index contributed by atoms with van der Waals surface area (Å²) in [6.45, 7) is 12.9. The topological polar surface area (TPSA) is 95.5 Å². The molecule has 0 aliphatic carbocycles. The van der Waals surface area contributed by atoms with Gasteiger partial charge in [-0.2, -0.15) is 0 Å². The zero-order chi connectivity index (χ0) is 21.5. The number of methoxy groups -OCH3 is 2. The van der Waals surface area contributed by atoms with Gasteiger partial charge in [-0.3, -0.25) is 0 Å². The molecule has 0 rings (SSSR count). The molecule has 0 spiro atoms. The summed E-state index contributed by atoms with van der Waals surface area (Å²) in [6.07, 6.45) is 2.32. The second kappa shape index (κ2) is 22.9. The molecule has 0 unspecified atom stereocenters. The van der Waals surface area contributed by atoms with Gasteiger partial charge < -0.3 is 38.3 Å². The Balaban J connectivity index is 0. The monoisotopic (exact) mass is 428 g/mol. The van der Waals surface area contributed by atoms with Gasteiger partial charge in [0, 0.05) is 53.8 Å². The number of aliphatic carboxylic acids is 1. The van der Waals surface area contributed by atoms with Gasteiger partial charge in [-0.1, -0.05) is 0 Å². The van der Waals surface area contributed by atoms with Crippen molar-refractivity contribution in [2.75, 3.05) is 106 Å². The quantitative estimate of drug-likeness (QED) is 0.220. The van der Waals surface area contributed by atoms with Crippen molar-refractivity contribution in [2.24, 2.45) is 0 Å². The van der Waals surface area contributed by atoms with Crippen LogP contribution in [0.4, 0.5) is 0 Å². The second-order valence-corrected chi connectivity index (χ2v) is 11.3.